The number of nitrogens with two attached hydrogens (primary N) is 1. The summed E-state index contributed by atoms with van der Waals surface area (Å²) in [5.74, 6) is -0.504. The number of ether oxygens (including phenoxy) is 2. The van der Waals surface area contributed by atoms with Crippen molar-refractivity contribution in [3.63, 3.8) is 0 Å². The molecule has 34 heavy (non-hydrogen) atoms. The molecule has 0 aliphatic carbocycles. The maximum absolute atomic E-state index is 13.3. The van der Waals surface area contributed by atoms with Crippen LogP contribution in [0.5, 0.6) is 5.75 Å². The zero-order valence-corrected chi connectivity index (χ0v) is 19.2. The largest absolute Gasteiger partial charge is 0.485 e. The maximum Gasteiger partial charge on any atom is 0.427 e. The molecule has 2 atom stereocenters. The average Bonchev–Trinajstić information content (AvgIpc) is 2.71. The molecule has 1 amide bonds. The molecule has 2 unspecified atom stereocenters. The molecule has 0 spiro atoms. The Bertz CT molecular complexity index is 1170. The van der Waals surface area contributed by atoms with Crippen LogP contribution < -0.4 is 20.1 Å². The van der Waals surface area contributed by atoms with E-state index in [4.69, 9.17) is 10.5 Å². The average molecular weight is 505 g/mol. The fourth-order valence-electron chi connectivity index (χ4n) is 3.02. The van der Waals surface area contributed by atoms with Crippen molar-refractivity contribution in [2.24, 2.45) is 5.73 Å². The Labute approximate surface area is 193 Å². The lowest BCUT2D eigenvalue weighted by molar-refractivity contribution is -0.242. The number of hydrogen-bond donors (Lipinski definition) is 2. The molecule has 2 aromatic rings. The number of rotatable bonds is 5. The maximum atomic E-state index is 13.3. The van der Waals surface area contributed by atoms with Gasteiger partial charge in [0.1, 0.15) is 17.7 Å². The molecule has 0 fully saturated rings. The van der Waals surface area contributed by atoms with Gasteiger partial charge in [0.15, 0.2) is 0 Å². The van der Waals surface area contributed by atoms with Gasteiger partial charge in [-0.1, -0.05) is 0 Å². The van der Waals surface area contributed by atoms with E-state index in [-0.39, 0.29) is 28.6 Å². The van der Waals surface area contributed by atoms with Gasteiger partial charge < -0.3 is 15.2 Å². The Balaban J connectivity index is 1.96. The number of anilines is 2. The van der Waals surface area contributed by atoms with Gasteiger partial charge in [0.25, 0.3) is 10.0 Å². The molecule has 13 heteroatoms. The molecule has 1 aliphatic heterocycles. The van der Waals surface area contributed by atoms with Crippen molar-refractivity contribution in [3.8, 4) is 5.75 Å². The highest BCUT2D eigenvalue weighted by molar-refractivity contribution is 7.92. The first-order chi connectivity index (χ1) is 15.6. The first-order valence-electron chi connectivity index (χ1n) is 10.0. The fourth-order valence-corrected chi connectivity index (χ4v) is 4.50. The third-order valence-corrected chi connectivity index (χ3v) is 6.91. The Hall–Kier alpha value is -3.06. The Morgan fingerprint density at radius 2 is 1.82 bits per heavy atom. The SMILES string of the molecule is CC(N)C1CN(S(=O)(=O)c2ccc(F)cc2)c2cc(NC(=O)OC(C)(C)C(F)(F)F)ccc2O1. The minimum atomic E-state index is -4.80. The van der Waals surface area contributed by atoms with Gasteiger partial charge >= 0.3 is 12.3 Å². The van der Waals surface area contributed by atoms with Crippen LogP contribution in [-0.2, 0) is 14.8 Å². The Morgan fingerprint density at radius 1 is 1.21 bits per heavy atom. The van der Waals surface area contributed by atoms with Crippen molar-refractivity contribution in [1.82, 2.24) is 0 Å². The number of sulfonamides is 1. The predicted molar refractivity (Wildman–Crippen MR) is 116 cm³/mol. The standard InChI is InChI=1S/C21H23F4N3O5S/c1-12(26)18-11-28(34(30,31)15-7-4-13(22)5-8-15)16-10-14(6-9-17(16)32-18)27-19(29)33-20(2,3)21(23,24)25/h4-10,12,18H,11,26H2,1-3H3,(H,27,29). The van der Waals surface area contributed by atoms with E-state index in [0.29, 0.717) is 13.8 Å². The molecule has 0 aromatic heterocycles. The van der Waals surface area contributed by atoms with Crippen LogP contribution in [0.4, 0.5) is 33.7 Å². The number of benzene rings is 2. The highest BCUT2D eigenvalue weighted by Crippen LogP contribution is 2.40. The van der Waals surface area contributed by atoms with Crippen molar-refractivity contribution in [1.29, 1.82) is 0 Å². The van der Waals surface area contributed by atoms with E-state index in [2.05, 4.69) is 10.1 Å². The minimum absolute atomic E-state index is 0.00843. The molecule has 3 N–H and O–H groups in total. The molecule has 8 nitrogen and oxygen atoms in total. The minimum Gasteiger partial charge on any atom is -0.485 e. The van der Waals surface area contributed by atoms with E-state index in [1.807, 2.05) is 0 Å². The molecular weight excluding hydrogens is 482 g/mol. The normalized spacial score (nSPS) is 17.4. The lowest BCUT2D eigenvalue weighted by Gasteiger charge is -2.37. The lowest BCUT2D eigenvalue weighted by Crippen LogP contribution is -2.50. The van der Waals surface area contributed by atoms with Crippen molar-refractivity contribution >= 4 is 27.5 Å². The number of carbonyl (C=O) groups is 1. The monoisotopic (exact) mass is 505 g/mol. The van der Waals surface area contributed by atoms with Crippen molar-refractivity contribution in [2.75, 3.05) is 16.2 Å². The Morgan fingerprint density at radius 3 is 2.38 bits per heavy atom. The van der Waals surface area contributed by atoms with Gasteiger partial charge in [-0.2, -0.15) is 13.2 Å². The molecule has 2 aromatic carbocycles. The molecule has 0 radical (unpaired) electrons. The summed E-state index contributed by atoms with van der Waals surface area (Å²) in [5.41, 5.74) is 3.13. The van der Waals surface area contributed by atoms with E-state index < -0.39 is 45.9 Å². The third-order valence-electron chi connectivity index (χ3n) is 5.12. The fraction of sp³-hybridized carbons (Fsp3) is 0.381. The molecular formula is C21H23F4N3O5S. The zero-order valence-electron chi connectivity index (χ0n) is 18.4. The van der Waals surface area contributed by atoms with E-state index in [1.54, 1.807) is 6.92 Å². The third kappa shape index (κ3) is 5.20. The summed E-state index contributed by atoms with van der Waals surface area (Å²) in [4.78, 5) is 11.9. The number of halogens is 4. The van der Waals surface area contributed by atoms with Crippen LogP contribution in [0, 0.1) is 5.82 Å². The topological polar surface area (TPSA) is 111 Å². The van der Waals surface area contributed by atoms with Crippen LogP contribution in [0.2, 0.25) is 0 Å². The summed E-state index contributed by atoms with van der Waals surface area (Å²) in [6.45, 7) is 2.82. The molecule has 1 aliphatic rings. The predicted octanol–water partition coefficient (Wildman–Crippen LogP) is 4.02. The van der Waals surface area contributed by atoms with E-state index in [9.17, 15) is 30.8 Å². The number of fused-ring (bicyclic) bond motifs is 1. The van der Waals surface area contributed by atoms with Crippen LogP contribution in [0.15, 0.2) is 47.4 Å². The highest BCUT2D eigenvalue weighted by atomic mass is 32.2. The summed E-state index contributed by atoms with van der Waals surface area (Å²) in [7, 11) is -4.21. The number of alkyl halides is 3. The number of carbonyl (C=O) groups excluding carboxylic acids is 1. The first kappa shape index (κ1) is 25.6. The summed E-state index contributed by atoms with van der Waals surface area (Å²) < 4.78 is 90.2. The van der Waals surface area contributed by atoms with Gasteiger partial charge in [-0.3, -0.25) is 9.62 Å². The van der Waals surface area contributed by atoms with Crippen LogP contribution in [0.1, 0.15) is 20.8 Å². The molecule has 186 valence electrons. The zero-order chi connectivity index (χ0) is 25.5. The number of nitrogens with one attached hydrogen (secondary N) is 1. The summed E-state index contributed by atoms with van der Waals surface area (Å²) in [6.07, 6.45) is -6.92. The Kier molecular flexibility index (Phi) is 6.73. The summed E-state index contributed by atoms with van der Waals surface area (Å²) in [5, 5.41) is 2.16. The van der Waals surface area contributed by atoms with E-state index in [0.717, 1.165) is 28.6 Å². The number of amides is 1. The van der Waals surface area contributed by atoms with Crippen LogP contribution in [0.25, 0.3) is 0 Å². The quantitative estimate of drug-likeness (QED) is 0.594. The highest BCUT2D eigenvalue weighted by Gasteiger charge is 2.51. The second-order valence-corrected chi connectivity index (χ2v) is 10.1. The van der Waals surface area contributed by atoms with Gasteiger partial charge in [-0.05, 0) is 63.2 Å². The van der Waals surface area contributed by atoms with Gasteiger partial charge in [-0.25, -0.2) is 17.6 Å². The molecule has 0 saturated carbocycles. The van der Waals surface area contributed by atoms with E-state index in [1.165, 1.54) is 18.2 Å². The van der Waals surface area contributed by atoms with E-state index >= 15 is 0 Å². The summed E-state index contributed by atoms with van der Waals surface area (Å²) >= 11 is 0. The van der Waals surface area contributed by atoms with Crippen LogP contribution in [0.3, 0.4) is 0 Å². The smallest absolute Gasteiger partial charge is 0.427 e. The second-order valence-electron chi connectivity index (χ2n) is 8.21. The van der Waals surface area contributed by atoms with Crippen molar-refractivity contribution in [3.05, 3.63) is 48.3 Å². The number of hydrogen-bond acceptors (Lipinski definition) is 6. The molecule has 3 rings (SSSR count). The van der Waals surface area contributed by atoms with Gasteiger partial charge in [0.2, 0.25) is 5.60 Å². The summed E-state index contributed by atoms with van der Waals surface area (Å²) in [6, 6.07) is 7.50. The first-order valence-corrected chi connectivity index (χ1v) is 11.5. The van der Waals surface area contributed by atoms with Crippen LogP contribution in [-0.4, -0.2) is 45.0 Å². The second kappa shape index (κ2) is 8.95. The van der Waals surface area contributed by atoms with Crippen LogP contribution >= 0.6 is 0 Å². The molecule has 0 saturated heterocycles. The van der Waals surface area contributed by atoms with Crippen molar-refractivity contribution in [2.45, 2.75) is 49.6 Å². The van der Waals surface area contributed by atoms with Gasteiger partial charge in [0.05, 0.1) is 17.1 Å². The lowest BCUT2D eigenvalue weighted by atomic mass is 10.1. The molecule has 1 heterocycles. The van der Waals surface area contributed by atoms with Crippen molar-refractivity contribution < 1.29 is 40.2 Å². The van der Waals surface area contributed by atoms with Gasteiger partial charge in [-0.15, -0.1) is 0 Å². The molecule has 0 bridgehead atoms. The number of nitrogens with zero attached hydrogens (tertiary/aromatic N) is 1. The van der Waals surface area contributed by atoms with Gasteiger partial charge in [0, 0.05) is 11.7 Å².